The number of hydrogen-bond donors (Lipinski definition) is 4. The van der Waals surface area contributed by atoms with Crippen LogP contribution in [0, 0.1) is 123 Å². The van der Waals surface area contributed by atoms with E-state index in [1.807, 2.05) is 4.90 Å². The van der Waals surface area contributed by atoms with E-state index in [-0.39, 0.29) is 128 Å². The maximum atomic E-state index is 12.9. The van der Waals surface area contributed by atoms with Crippen LogP contribution >= 0.6 is 11.6 Å². The number of rotatable bonds is 9. The van der Waals surface area contributed by atoms with E-state index in [0.29, 0.717) is 63.6 Å². The third kappa shape index (κ3) is 11.5. The van der Waals surface area contributed by atoms with Crippen molar-refractivity contribution in [2.24, 2.45) is 113 Å². The predicted molar refractivity (Wildman–Crippen MR) is 390 cm³/mol. The molecule has 6 saturated heterocycles. The minimum absolute atomic E-state index is 0.00485. The molecule has 3 amide bonds. The van der Waals surface area contributed by atoms with Gasteiger partial charge in [-0.25, -0.2) is 19.2 Å². The van der Waals surface area contributed by atoms with Crippen LogP contribution in [0.5, 0.6) is 5.75 Å². The molecular formula is C82H126ClN5O15. The number of hydrogen-bond acceptors (Lipinski definition) is 16. The summed E-state index contributed by atoms with van der Waals surface area (Å²) in [6.07, 6.45) is 19.2. The van der Waals surface area contributed by atoms with Crippen molar-refractivity contribution in [3.63, 3.8) is 0 Å². The molecule has 0 unspecified atom stereocenters. The maximum absolute atomic E-state index is 12.9. The van der Waals surface area contributed by atoms with Gasteiger partial charge in [0.2, 0.25) is 0 Å². The van der Waals surface area contributed by atoms with Gasteiger partial charge in [-0.2, -0.15) is 0 Å². The number of likely N-dealkylation sites (tertiary alicyclic amines) is 3. The number of aliphatic hydroxyl groups is 3. The second-order valence-electron chi connectivity index (χ2n) is 38.9. The number of carbonyl (C=O) groups is 4. The Morgan fingerprint density at radius 1 is 0.563 bits per heavy atom. The molecule has 10 saturated carbocycles. The molecule has 4 spiro atoms. The van der Waals surface area contributed by atoms with Crippen molar-refractivity contribution >= 4 is 41.0 Å². The zero-order valence-corrected chi connectivity index (χ0v) is 65.3. The van der Waals surface area contributed by atoms with Gasteiger partial charge < -0.3 is 63.8 Å². The summed E-state index contributed by atoms with van der Waals surface area (Å²) in [5, 5.41) is 49.3. The average Bonchev–Trinajstić information content (AvgIpc) is 1.47. The van der Waals surface area contributed by atoms with Crippen molar-refractivity contribution in [2.75, 3.05) is 52.4 Å². The molecule has 4 N–H and O–H groups in total. The zero-order chi connectivity index (χ0) is 73.9. The van der Waals surface area contributed by atoms with Crippen LogP contribution in [0.2, 0.25) is 0 Å². The predicted octanol–water partition coefficient (Wildman–Crippen LogP) is 15.2. The summed E-state index contributed by atoms with van der Waals surface area (Å²) in [5.74, 6) is 3.94. The van der Waals surface area contributed by atoms with Gasteiger partial charge >= 0.3 is 23.7 Å². The van der Waals surface area contributed by atoms with Gasteiger partial charge in [0.1, 0.15) is 24.1 Å². The van der Waals surface area contributed by atoms with Gasteiger partial charge in [-0.3, -0.25) is 10.1 Å². The number of amides is 3. The highest BCUT2D eigenvalue weighted by molar-refractivity contribution is 6.61. The maximum Gasteiger partial charge on any atom is 0.410 e. The van der Waals surface area contributed by atoms with E-state index in [4.69, 9.17) is 35.3 Å². The molecule has 576 valence electrons. The van der Waals surface area contributed by atoms with Gasteiger partial charge in [-0.05, 0) is 251 Å². The lowest BCUT2D eigenvalue weighted by molar-refractivity contribution is -0.384. The van der Waals surface area contributed by atoms with E-state index in [1.54, 1.807) is 9.80 Å². The van der Waals surface area contributed by atoms with Crippen molar-refractivity contribution in [1.29, 1.82) is 0 Å². The molecule has 16 fully saturated rings. The van der Waals surface area contributed by atoms with Crippen molar-refractivity contribution in [1.82, 2.24) is 20.0 Å². The second-order valence-corrected chi connectivity index (χ2v) is 39.2. The highest BCUT2D eigenvalue weighted by atomic mass is 35.5. The number of nitro benzene ring substituents is 1. The second kappa shape index (κ2) is 26.9. The summed E-state index contributed by atoms with van der Waals surface area (Å²) in [6, 6.07) is 5.02. The third-order valence-corrected chi connectivity index (χ3v) is 33.7. The number of non-ortho nitro benzene ring substituents is 1. The van der Waals surface area contributed by atoms with E-state index in [0.717, 1.165) is 129 Å². The average molecular weight is 1460 g/mol. The summed E-state index contributed by atoms with van der Waals surface area (Å²) in [6.45, 7) is 39.8. The Hall–Kier alpha value is -4.05. The molecule has 20 nitrogen and oxygen atoms in total. The standard InChI is InChI=1S/C38H60N2O6.C34H55NO5.C7H4ClNO4.C3H7N/c1-22(2)29(46-33(43)40-18-9-19-40)24-20-23(3)28-30(44-24)31(41)36(7)26-11-10-25-34(4,5)27(45-32(42)39-16-8-17-39)12-13-37(25)21-38(26,37)15-14-35(28,36)6;1-19(2)26(40-29(38)35-15-8-16-35)21-17-20(3)25-27(39-21)28(37)32(7)23-10-9-22-30(4,5)24(36)11-12-33(22)18-34(23,33)14-13-31(25,32)6;8-7(10)13-6-3-1-5(2-4-6)9(11)12;1-2-4-3-1/h22-31,41H,8-21H2,1-7H3;19-28,36-37H,8-18H2,1-7H3;1-4H;4H,1-3H2/t23-,24-,25+,26+,27+,28+,29-,30+,31+,35-,36-,37-,38+;20-,21-,22+,23+,24+,25+,26-,27+,28+,31-,32-,33-,34+;;/m11../s1. The lowest BCUT2D eigenvalue weighted by atomic mass is 9.41. The van der Waals surface area contributed by atoms with Crippen molar-refractivity contribution in [3.8, 4) is 5.75 Å². The first-order chi connectivity index (χ1) is 48.5. The van der Waals surface area contributed by atoms with E-state index in [9.17, 15) is 44.6 Å². The summed E-state index contributed by atoms with van der Waals surface area (Å²) >= 11 is 4.92. The van der Waals surface area contributed by atoms with Gasteiger partial charge in [-0.15, -0.1) is 0 Å². The van der Waals surface area contributed by atoms with Crippen molar-refractivity contribution < 1.29 is 67.8 Å². The monoisotopic (exact) mass is 1460 g/mol. The summed E-state index contributed by atoms with van der Waals surface area (Å²) < 4.78 is 36.9. The molecule has 6 heterocycles. The minimum atomic E-state index is -0.978. The van der Waals surface area contributed by atoms with Crippen LogP contribution in [-0.4, -0.2) is 172 Å². The first-order valence-electron chi connectivity index (χ1n) is 40.6. The molecule has 10 aliphatic carbocycles. The Balaban J connectivity index is 0.000000143. The van der Waals surface area contributed by atoms with Crippen molar-refractivity contribution in [3.05, 3.63) is 34.4 Å². The van der Waals surface area contributed by atoms with Crippen LogP contribution in [0.25, 0.3) is 0 Å². The number of nitrogens with zero attached hydrogens (tertiary/aromatic N) is 4. The number of benzene rings is 1. The molecule has 0 radical (unpaired) electrons. The summed E-state index contributed by atoms with van der Waals surface area (Å²) in [4.78, 5) is 64.0. The Labute approximate surface area is 618 Å². The first kappa shape index (κ1) is 75.7. The fourth-order valence-corrected chi connectivity index (χ4v) is 27.6. The van der Waals surface area contributed by atoms with Crippen LogP contribution in [-0.2, 0) is 23.7 Å². The number of aliphatic hydroxyl groups excluding tert-OH is 3. The van der Waals surface area contributed by atoms with Crippen LogP contribution in [0.4, 0.5) is 24.9 Å². The van der Waals surface area contributed by atoms with Gasteiger partial charge in [0.15, 0.2) is 0 Å². The van der Waals surface area contributed by atoms with E-state index < -0.39 is 22.6 Å². The minimum Gasteiger partial charge on any atom is -0.446 e. The Bertz CT molecular complexity index is 3360. The Morgan fingerprint density at radius 3 is 1.33 bits per heavy atom. The largest absolute Gasteiger partial charge is 0.446 e. The van der Waals surface area contributed by atoms with E-state index >= 15 is 0 Å². The normalized spacial score (nSPS) is 45.9. The highest BCUT2D eigenvalue weighted by Crippen LogP contribution is 2.91. The molecular weight excluding hydrogens is 1330 g/mol. The molecule has 17 rings (SSSR count). The molecule has 0 bridgehead atoms. The molecule has 103 heavy (non-hydrogen) atoms. The fraction of sp³-hybridized carbons (Fsp3) is 0.878. The Morgan fingerprint density at radius 2 is 0.951 bits per heavy atom. The molecule has 6 aliphatic heterocycles. The zero-order valence-electron chi connectivity index (χ0n) is 64.6. The molecule has 1 aromatic rings. The SMILES string of the molecule is C1CNC1.CC(C)[C@@H](OC(=O)N1CCC1)[C@H]1C[C@@H](C)[C@H]2[C@H](O1)[C@H](O)[C@@]1(C)[C@@H]3CC[C@H]4C(C)(C)[C@@H](O)CC[C@@]45C[C@@]35CC[C@]21C.CC(C)[C@@H](OC(=O)N1CCC1)[C@H]1C[C@@H](C)[C@H]2[C@H](O1)[C@H](O)[C@@]1(C)[C@@H]3CC[C@H]4C(C)(C)[C@@H](OC(=O)N5CCC5)CC[C@@]45C[C@@]35CC[C@]21C.O=C(Cl)Oc1ccc([N+](=O)[O-])cc1. The fourth-order valence-electron chi connectivity index (χ4n) is 27.5. The lowest BCUT2D eigenvalue weighted by Gasteiger charge is -2.63. The Kier molecular flexibility index (Phi) is 19.8. The van der Waals surface area contributed by atoms with Crippen LogP contribution in [0.3, 0.4) is 0 Å². The smallest absolute Gasteiger partial charge is 0.410 e. The number of nitro groups is 1. The third-order valence-electron chi connectivity index (χ3n) is 33.6. The van der Waals surface area contributed by atoms with Crippen molar-refractivity contribution in [2.45, 2.75) is 286 Å². The number of carbonyl (C=O) groups excluding carboxylic acids is 4. The van der Waals surface area contributed by atoms with Crippen LogP contribution in [0.15, 0.2) is 24.3 Å². The summed E-state index contributed by atoms with van der Waals surface area (Å²) in [5.41, 5.74) is -0.326. The van der Waals surface area contributed by atoms with Crippen LogP contribution in [0.1, 0.15) is 225 Å². The van der Waals surface area contributed by atoms with Gasteiger partial charge in [0.25, 0.3) is 5.69 Å². The molecule has 1 aromatic carbocycles. The molecule has 26 atom stereocenters. The van der Waals surface area contributed by atoms with E-state index in [2.05, 4.69) is 107 Å². The quantitative estimate of drug-likeness (QED) is 0.0776. The molecule has 16 aliphatic rings. The van der Waals surface area contributed by atoms with Gasteiger partial charge in [0, 0.05) is 79.2 Å². The topological polar surface area (TPSA) is 249 Å². The molecule has 21 heteroatoms. The molecule has 0 aromatic heterocycles. The highest BCUT2D eigenvalue weighted by Gasteiger charge is 2.87. The summed E-state index contributed by atoms with van der Waals surface area (Å²) in [7, 11) is 0. The number of fused-ring (bicyclic) bond motifs is 8. The van der Waals surface area contributed by atoms with E-state index in [1.165, 1.54) is 75.9 Å². The van der Waals surface area contributed by atoms with Crippen LogP contribution < -0.4 is 10.1 Å². The number of ether oxygens (including phenoxy) is 6. The lowest BCUT2D eigenvalue weighted by Crippen LogP contribution is -2.60. The first-order valence-corrected chi connectivity index (χ1v) is 41.0. The number of nitrogens with one attached hydrogen (secondary N) is 1. The number of halogens is 1. The van der Waals surface area contributed by atoms with Gasteiger partial charge in [-0.1, -0.05) is 96.9 Å². The van der Waals surface area contributed by atoms with Gasteiger partial charge in [0.05, 0.1) is 47.7 Å².